The molecule has 1 aromatic carbocycles. The van der Waals surface area contributed by atoms with Crippen molar-refractivity contribution in [1.82, 2.24) is 15.4 Å². The highest BCUT2D eigenvalue weighted by Crippen LogP contribution is 2.28. The van der Waals surface area contributed by atoms with E-state index >= 15 is 0 Å². The fourth-order valence-corrected chi connectivity index (χ4v) is 3.19. The van der Waals surface area contributed by atoms with Crippen LogP contribution in [0.25, 0.3) is 0 Å². The molecule has 0 bridgehead atoms. The van der Waals surface area contributed by atoms with Gasteiger partial charge in [-0.3, -0.25) is 4.99 Å². The minimum absolute atomic E-state index is 0.271. The predicted molar refractivity (Wildman–Crippen MR) is 93.1 cm³/mol. The van der Waals surface area contributed by atoms with E-state index in [2.05, 4.69) is 27.3 Å². The second-order valence-corrected chi connectivity index (χ2v) is 7.70. The van der Waals surface area contributed by atoms with Crippen molar-refractivity contribution in [1.29, 1.82) is 0 Å². The molecule has 7 heteroatoms. The van der Waals surface area contributed by atoms with Crippen molar-refractivity contribution >= 4 is 16.0 Å². The maximum atomic E-state index is 12.2. The maximum absolute atomic E-state index is 12.2. The van der Waals surface area contributed by atoms with Crippen LogP contribution in [0, 0.1) is 12.8 Å². The molecule has 1 saturated carbocycles. The molecule has 1 aromatic rings. The summed E-state index contributed by atoms with van der Waals surface area (Å²) in [6.07, 6.45) is 1.16. The topological polar surface area (TPSA) is 82.6 Å². The van der Waals surface area contributed by atoms with Crippen LogP contribution in [0.3, 0.4) is 0 Å². The Kier molecular flexibility index (Phi) is 6.01. The average molecular weight is 338 g/mol. The maximum Gasteiger partial charge on any atom is 0.240 e. The van der Waals surface area contributed by atoms with E-state index in [0.717, 1.165) is 24.5 Å². The minimum Gasteiger partial charge on any atom is -0.357 e. The number of benzene rings is 1. The highest BCUT2D eigenvalue weighted by molar-refractivity contribution is 7.89. The van der Waals surface area contributed by atoms with Gasteiger partial charge in [0.2, 0.25) is 10.0 Å². The van der Waals surface area contributed by atoms with Crippen molar-refractivity contribution < 1.29 is 8.42 Å². The van der Waals surface area contributed by atoms with Gasteiger partial charge in [0.15, 0.2) is 5.96 Å². The first-order chi connectivity index (χ1) is 10.9. The molecule has 0 saturated heterocycles. The number of hydrogen-bond acceptors (Lipinski definition) is 3. The van der Waals surface area contributed by atoms with E-state index < -0.39 is 10.0 Å². The van der Waals surface area contributed by atoms with E-state index in [1.54, 1.807) is 24.3 Å². The first-order valence-electron chi connectivity index (χ1n) is 8.03. The van der Waals surface area contributed by atoms with Gasteiger partial charge < -0.3 is 10.6 Å². The summed E-state index contributed by atoms with van der Waals surface area (Å²) in [5, 5.41) is 6.51. The molecule has 1 fully saturated rings. The Morgan fingerprint density at radius 2 is 1.96 bits per heavy atom. The lowest BCUT2D eigenvalue weighted by Crippen LogP contribution is -2.39. The molecular formula is C16H26N4O2S. The normalized spacial score (nSPS) is 21.1. The van der Waals surface area contributed by atoms with Crippen LogP contribution in [-0.4, -0.2) is 40.1 Å². The van der Waals surface area contributed by atoms with Gasteiger partial charge in [0, 0.05) is 19.1 Å². The summed E-state index contributed by atoms with van der Waals surface area (Å²) < 4.78 is 26.9. The first-order valence-corrected chi connectivity index (χ1v) is 9.52. The summed E-state index contributed by atoms with van der Waals surface area (Å²) in [7, 11) is -3.47. The third-order valence-corrected chi connectivity index (χ3v) is 5.26. The second kappa shape index (κ2) is 7.79. The van der Waals surface area contributed by atoms with Gasteiger partial charge in [0.05, 0.1) is 11.4 Å². The fourth-order valence-electron chi connectivity index (χ4n) is 2.17. The van der Waals surface area contributed by atoms with Crippen LogP contribution in [0.1, 0.15) is 25.8 Å². The number of aryl methyl sites for hydroxylation is 1. The Labute approximate surface area is 138 Å². The van der Waals surface area contributed by atoms with Crippen molar-refractivity contribution in [3.05, 3.63) is 29.8 Å². The zero-order valence-corrected chi connectivity index (χ0v) is 14.8. The van der Waals surface area contributed by atoms with Gasteiger partial charge >= 0.3 is 0 Å². The minimum atomic E-state index is -3.47. The van der Waals surface area contributed by atoms with Crippen molar-refractivity contribution in [2.24, 2.45) is 10.9 Å². The second-order valence-electron chi connectivity index (χ2n) is 5.94. The molecule has 2 atom stereocenters. The molecule has 0 spiro atoms. The molecule has 1 aliphatic carbocycles. The predicted octanol–water partition coefficient (Wildman–Crippen LogP) is 1.24. The average Bonchev–Trinajstić information content (AvgIpc) is 3.19. The van der Waals surface area contributed by atoms with Crippen molar-refractivity contribution in [2.75, 3.05) is 19.6 Å². The van der Waals surface area contributed by atoms with Gasteiger partial charge in [0.25, 0.3) is 0 Å². The smallest absolute Gasteiger partial charge is 0.240 e. The molecule has 2 rings (SSSR count). The van der Waals surface area contributed by atoms with E-state index in [4.69, 9.17) is 0 Å². The molecule has 0 amide bonds. The Hall–Kier alpha value is -1.60. The van der Waals surface area contributed by atoms with Crippen LogP contribution >= 0.6 is 0 Å². The van der Waals surface area contributed by atoms with Crippen LogP contribution in [0.2, 0.25) is 0 Å². The summed E-state index contributed by atoms with van der Waals surface area (Å²) in [5.41, 5.74) is 1.03. The van der Waals surface area contributed by atoms with E-state index in [9.17, 15) is 8.42 Å². The van der Waals surface area contributed by atoms with Crippen molar-refractivity contribution in [2.45, 2.75) is 38.1 Å². The summed E-state index contributed by atoms with van der Waals surface area (Å²) in [6, 6.07) is 7.28. The summed E-state index contributed by atoms with van der Waals surface area (Å²) >= 11 is 0. The summed E-state index contributed by atoms with van der Waals surface area (Å²) in [6.45, 7) is 7.57. The lowest BCUT2D eigenvalue weighted by Gasteiger charge is -2.11. The molecule has 3 N–H and O–H groups in total. The van der Waals surface area contributed by atoms with E-state index in [1.165, 1.54) is 0 Å². The number of hydrogen-bond donors (Lipinski definition) is 3. The third kappa shape index (κ3) is 5.51. The zero-order valence-electron chi connectivity index (χ0n) is 14.0. The van der Waals surface area contributed by atoms with E-state index in [1.807, 2.05) is 13.8 Å². The van der Waals surface area contributed by atoms with Crippen molar-refractivity contribution in [3.63, 3.8) is 0 Å². The largest absolute Gasteiger partial charge is 0.357 e. The fraction of sp³-hybridized carbons (Fsp3) is 0.562. The highest BCUT2D eigenvalue weighted by atomic mass is 32.2. The molecule has 2 unspecified atom stereocenters. The van der Waals surface area contributed by atoms with Gasteiger partial charge in [-0.15, -0.1) is 0 Å². The summed E-state index contributed by atoms with van der Waals surface area (Å²) in [5.74, 6) is 1.43. The van der Waals surface area contributed by atoms with E-state index in [0.29, 0.717) is 18.5 Å². The Balaban J connectivity index is 1.84. The molecule has 0 radical (unpaired) electrons. The monoisotopic (exact) mass is 338 g/mol. The van der Waals surface area contributed by atoms with Gasteiger partial charge in [-0.1, -0.05) is 24.6 Å². The standard InChI is InChI=1S/C16H26N4O2S/c1-4-17-16(20-15-11-13(15)3)18-9-10-19-23(21,22)14-7-5-12(2)6-8-14/h5-8,13,15,19H,4,9-11H2,1-3H3,(H2,17,18,20). The highest BCUT2D eigenvalue weighted by Gasteiger charge is 2.33. The quantitative estimate of drug-likeness (QED) is 0.397. The van der Waals surface area contributed by atoms with Gasteiger partial charge in [0.1, 0.15) is 0 Å². The number of guanidine groups is 1. The van der Waals surface area contributed by atoms with E-state index in [-0.39, 0.29) is 11.4 Å². The Morgan fingerprint density at radius 1 is 1.30 bits per heavy atom. The van der Waals surface area contributed by atoms with Crippen LogP contribution in [0.15, 0.2) is 34.2 Å². The lowest BCUT2D eigenvalue weighted by molar-refractivity contribution is 0.582. The molecule has 0 heterocycles. The number of nitrogens with one attached hydrogen (secondary N) is 3. The zero-order chi connectivity index (χ0) is 16.9. The first kappa shape index (κ1) is 17.7. The van der Waals surface area contributed by atoms with Gasteiger partial charge in [-0.05, 0) is 38.3 Å². The number of aliphatic imine (C=N–C) groups is 1. The Morgan fingerprint density at radius 3 is 2.52 bits per heavy atom. The lowest BCUT2D eigenvalue weighted by atomic mass is 10.2. The van der Waals surface area contributed by atoms with Crippen LogP contribution in [-0.2, 0) is 10.0 Å². The van der Waals surface area contributed by atoms with Crippen LogP contribution in [0.5, 0.6) is 0 Å². The molecule has 128 valence electrons. The molecule has 1 aliphatic rings. The molecule has 0 aliphatic heterocycles. The number of nitrogens with zero attached hydrogens (tertiary/aromatic N) is 1. The van der Waals surface area contributed by atoms with Crippen LogP contribution in [0.4, 0.5) is 0 Å². The third-order valence-electron chi connectivity index (χ3n) is 3.78. The SMILES string of the molecule is CCNC(=NCCNS(=O)(=O)c1ccc(C)cc1)NC1CC1C. The van der Waals surface area contributed by atoms with Gasteiger partial charge in [-0.25, -0.2) is 13.1 Å². The molecule has 0 aromatic heterocycles. The summed E-state index contributed by atoms with van der Waals surface area (Å²) in [4.78, 5) is 4.69. The number of sulfonamides is 1. The molecule has 23 heavy (non-hydrogen) atoms. The van der Waals surface area contributed by atoms with Gasteiger partial charge in [-0.2, -0.15) is 0 Å². The van der Waals surface area contributed by atoms with Crippen LogP contribution < -0.4 is 15.4 Å². The molecular weight excluding hydrogens is 312 g/mol. The number of rotatable bonds is 7. The molecule has 6 nitrogen and oxygen atoms in total. The van der Waals surface area contributed by atoms with Crippen molar-refractivity contribution in [3.8, 4) is 0 Å². The Bertz CT molecular complexity index is 641.